The van der Waals surface area contributed by atoms with Gasteiger partial charge >= 0.3 is 5.97 Å². The van der Waals surface area contributed by atoms with E-state index in [0.29, 0.717) is 11.3 Å². The highest BCUT2D eigenvalue weighted by atomic mass is 16.5. The summed E-state index contributed by atoms with van der Waals surface area (Å²) in [5.41, 5.74) is 6.42. The molecule has 1 aromatic heterocycles. The molecule has 0 saturated carbocycles. The molecule has 2 atom stereocenters. The third-order valence-electron chi connectivity index (χ3n) is 3.83. The number of amidine groups is 1. The number of hydrogen-bond donors (Lipinski definition) is 4. The van der Waals surface area contributed by atoms with Gasteiger partial charge in [-0.2, -0.15) is 0 Å². The van der Waals surface area contributed by atoms with Crippen LogP contribution in [0.1, 0.15) is 38.5 Å². The fraction of sp³-hybridized carbons (Fsp3) is 0.316. The highest BCUT2D eigenvalue weighted by molar-refractivity contribution is 5.96. The summed E-state index contributed by atoms with van der Waals surface area (Å²) in [6.45, 7) is 0.174. The average Bonchev–Trinajstić information content (AvgIpc) is 3.21. The summed E-state index contributed by atoms with van der Waals surface area (Å²) in [5, 5.41) is 12.5. The van der Waals surface area contributed by atoms with Gasteiger partial charge in [-0.3, -0.25) is 19.8 Å². The number of aromatic nitrogens is 1. The van der Waals surface area contributed by atoms with Crippen LogP contribution in [-0.4, -0.2) is 41.7 Å². The van der Waals surface area contributed by atoms with E-state index in [1.54, 1.807) is 24.3 Å². The zero-order chi connectivity index (χ0) is 22.1. The first-order valence-corrected chi connectivity index (χ1v) is 8.79. The van der Waals surface area contributed by atoms with Crippen LogP contribution in [0.5, 0.6) is 0 Å². The largest absolute Gasteiger partial charge is 0.465 e. The molecule has 0 saturated heterocycles. The minimum atomic E-state index is -1.07. The molecular formula is C19H23N5O5. The lowest BCUT2D eigenvalue weighted by Gasteiger charge is -2.13. The third-order valence-corrected chi connectivity index (χ3v) is 3.83. The smallest absolute Gasteiger partial charge is 0.320 e. The van der Waals surface area contributed by atoms with Gasteiger partial charge in [0.1, 0.15) is 12.1 Å². The Kier molecular flexibility index (Phi) is 7.33. The van der Waals surface area contributed by atoms with Crippen molar-refractivity contribution in [2.75, 3.05) is 18.4 Å². The summed E-state index contributed by atoms with van der Waals surface area (Å²) in [4.78, 5) is 40.1. The maximum absolute atomic E-state index is 12.1. The van der Waals surface area contributed by atoms with Gasteiger partial charge in [-0.15, -0.1) is 0 Å². The van der Waals surface area contributed by atoms with E-state index in [4.69, 9.17) is 21.7 Å². The third kappa shape index (κ3) is 6.76. The SMILES string of the molecule is [2H]C(C)OC(=O)C(CNC(=O)CCC(=O)Nc1ccc(C(=N)N)cc1)c1ncco1. The lowest BCUT2D eigenvalue weighted by molar-refractivity contribution is -0.145. The first-order valence-electron chi connectivity index (χ1n) is 9.37. The van der Waals surface area contributed by atoms with Crippen LogP contribution >= 0.6 is 0 Å². The van der Waals surface area contributed by atoms with Crippen molar-refractivity contribution in [1.29, 1.82) is 5.41 Å². The summed E-state index contributed by atoms with van der Waals surface area (Å²) >= 11 is 0. The first kappa shape index (κ1) is 20.1. The second-order valence-electron chi connectivity index (χ2n) is 5.94. The Hall–Kier alpha value is -3.69. The van der Waals surface area contributed by atoms with Gasteiger partial charge in [0.2, 0.25) is 17.7 Å². The topological polar surface area (TPSA) is 160 Å². The van der Waals surface area contributed by atoms with Crippen molar-refractivity contribution in [1.82, 2.24) is 10.3 Å². The Bertz CT molecular complexity index is 883. The van der Waals surface area contributed by atoms with E-state index in [-0.39, 0.29) is 37.0 Å². The van der Waals surface area contributed by atoms with Crippen molar-refractivity contribution >= 4 is 29.3 Å². The van der Waals surface area contributed by atoms with Crippen LogP contribution in [0.15, 0.2) is 41.1 Å². The number of ether oxygens (including phenoxy) is 1. The molecule has 2 amide bonds. The number of nitrogens with two attached hydrogens (primary N) is 1. The molecule has 0 aliphatic heterocycles. The Morgan fingerprint density at radius 1 is 1.28 bits per heavy atom. The molecule has 0 aliphatic carbocycles. The number of nitrogen functional groups attached to an aromatic ring is 1. The van der Waals surface area contributed by atoms with Gasteiger partial charge in [0.25, 0.3) is 0 Å². The number of hydrogen-bond acceptors (Lipinski definition) is 7. The van der Waals surface area contributed by atoms with Crippen LogP contribution in [0.3, 0.4) is 0 Å². The molecule has 2 unspecified atom stereocenters. The van der Waals surface area contributed by atoms with Gasteiger partial charge in [0.15, 0.2) is 5.92 Å². The number of carbonyl (C=O) groups excluding carboxylic acids is 3. The Morgan fingerprint density at radius 3 is 2.55 bits per heavy atom. The van der Waals surface area contributed by atoms with E-state index in [1.807, 2.05) is 0 Å². The lowest BCUT2D eigenvalue weighted by Crippen LogP contribution is -2.33. The zero-order valence-corrected chi connectivity index (χ0v) is 15.8. The summed E-state index contributed by atoms with van der Waals surface area (Å²) in [5.74, 6) is -2.56. The van der Waals surface area contributed by atoms with E-state index in [0.717, 1.165) is 0 Å². The first-order chi connectivity index (χ1) is 14.3. The summed E-state index contributed by atoms with van der Waals surface area (Å²) in [7, 11) is 0. The van der Waals surface area contributed by atoms with Crippen molar-refractivity contribution in [3.05, 3.63) is 48.2 Å². The van der Waals surface area contributed by atoms with Gasteiger partial charge in [-0.05, 0) is 31.2 Å². The van der Waals surface area contributed by atoms with E-state index < -0.39 is 24.4 Å². The molecule has 0 bridgehead atoms. The number of amides is 2. The number of benzene rings is 1. The summed E-state index contributed by atoms with van der Waals surface area (Å²) in [6.07, 6.45) is 2.47. The van der Waals surface area contributed by atoms with E-state index >= 15 is 0 Å². The lowest BCUT2D eigenvalue weighted by atomic mass is 10.1. The second-order valence-corrected chi connectivity index (χ2v) is 5.94. The number of esters is 1. The molecule has 10 nitrogen and oxygen atoms in total. The minimum Gasteiger partial charge on any atom is -0.465 e. The molecule has 154 valence electrons. The van der Waals surface area contributed by atoms with Gasteiger partial charge in [0.05, 0.1) is 14.2 Å². The quantitative estimate of drug-likeness (QED) is 0.263. The zero-order valence-electron chi connectivity index (χ0n) is 16.8. The van der Waals surface area contributed by atoms with Crippen LogP contribution in [0, 0.1) is 5.41 Å². The van der Waals surface area contributed by atoms with Crippen molar-refractivity contribution in [2.24, 2.45) is 5.73 Å². The van der Waals surface area contributed by atoms with Gasteiger partial charge < -0.3 is 25.5 Å². The molecule has 0 fully saturated rings. The van der Waals surface area contributed by atoms with Crippen molar-refractivity contribution in [3.8, 4) is 0 Å². The van der Waals surface area contributed by atoms with Gasteiger partial charge in [-0.1, -0.05) is 0 Å². The fourth-order valence-electron chi connectivity index (χ4n) is 2.36. The number of nitrogens with zero attached hydrogens (tertiary/aromatic N) is 1. The highest BCUT2D eigenvalue weighted by Gasteiger charge is 2.26. The van der Waals surface area contributed by atoms with Crippen molar-refractivity contribution < 1.29 is 24.9 Å². The van der Waals surface area contributed by atoms with Crippen molar-refractivity contribution in [3.63, 3.8) is 0 Å². The molecular weight excluding hydrogens is 378 g/mol. The van der Waals surface area contributed by atoms with E-state index in [1.165, 1.54) is 19.4 Å². The highest BCUT2D eigenvalue weighted by Crippen LogP contribution is 2.15. The Labute approximate surface area is 168 Å². The Morgan fingerprint density at radius 2 is 1.97 bits per heavy atom. The maximum atomic E-state index is 12.1. The molecule has 29 heavy (non-hydrogen) atoms. The van der Waals surface area contributed by atoms with Gasteiger partial charge in [-0.25, -0.2) is 4.98 Å². The van der Waals surface area contributed by atoms with Crippen LogP contribution < -0.4 is 16.4 Å². The van der Waals surface area contributed by atoms with Crippen molar-refractivity contribution in [2.45, 2.75) is 25.7 Å². The summed E-state index contributed by atoms with van der Waals surface area (Å²) < 4.78 is 17.3. The molecule has 1 heterocycles. The molecule has 1 aromatic carbocycles. The molecule has 2 rings (SSSR count). The monoisotopic (exact) mass is 402 g/mol. The predicted molar refractivity (Wildman–Crippen MR) is 104 cm³/mol. The molecule has 0 radical (unpaired) electrons. The molecule has 5 N–H and O–H groups in total. The van der Waals surface area contributed by atoms with Crippen LogP contribution in [0.25, 0.3) is 0 Å². The molecule has 10 heteroatoms. The normalized spacial score (nSPS) is 12.9. The van der Waals surface area contributed by atoms with Crippen LogP contribution in [-0.2, 0) is 19.1 Å². The van der Waals surface area contributed by atoms with Crippen LogP contribution in [0.4, 0.5) is 5.69 Å². The minimum absolute atomic E-state index is 0.0627. The number of anilines is 1. The van der Waals surface area contributed by atoms with E-state index in [2.05, 4.69) is 15.6 Å². The standard InChI is InChI=1S/C19H23N5O5/c1-2-28-19(27)14(18-22-9-10-29-18)11-23-15(25)7-8-16(26)24-13-5-3-12(4-6-13)17(20)21/h3-6,9-10,14H,2,7-8,11H2,1H3,(H3,20,21)(H,23,25)(H,24,26)/i2D. The number of nitrogens with one attached hydrogen (secondary N) is 3. The second kappa shape index (κ2) is 10.6. The number of rotatable bonds is 10. The van der Waals surface area contributed by atoms with E-state index in [9.17, 15) is 14.4 Å². The molecule has 0 aliphatic rings. The van der Waals surface area contributed by atoms with Crippen LogP contribution in [0.2, 0.25) is 0 Å². The molecule has 2 aromatic rings. The van der Waals surface area contributed by atoms with Gasteiger partial charge in [0, 0.05) is 30.6 Å². The maximum Gasteiger partial charge on any atom is 0.320 e. The molecule has 0 spiro atoms. The number of oxazole rings is 1. The number of carbonyl (C=O) groups is 3. The Balaban J connectivity index is 1.81. The summed E-state index contributed by atoms with van der Waals surface area (Å²) in [6, 6.07) is 6.41. The fourth-order valence-corrected chi connectivity index (χ4v) is 2.36. The predicted octanol–water partition coefficient (Wildman–Crippen LogP) is 1.14. The average molecular weight is 402 g/mol.